The molecule has 1 spiro atoms. The molecule has 0 aliphatic carbocycles. The van der Waals surface area contributed by atoms with Crippen molar-refractivity contribution in [3.05, 3.63) is 34.5 Å². The van der Waals surface area contributed by atoms with Crippen LogP contribution in [0.25, 0.3) is 0 Å². The van der Waals surface area contributed by atoms with Gasteiger partial charge in [0.25, 0.3) is 0 Å². The molecule has 2 aromatic heterocycles. The summed E-state index contributed by atoms with van der Waals surface area (Å²) in [6.07, 6.45) is -4.44. The number of carboxylic acids is 2. The summed E-state index contributed by atoms with van der Waals surface area (Å²) >= 11 is 1.73. The standard InChI is InChI=1S/C17H23N5OS.2C2HF3O2/c1-14-20-15(12-24-14)11-21-7-3-17(4-8-21)13-22(9-10-23-17)16-18-5-2-6-19-16;2*3-2(4,5)1(6)7/h2,5-6,12H,3-4,7-11,13H2,1H3;2*(H,6,7). The van der Waals surface area contributed by atoms with E-state index in [2.05, 4.69) is 37.1 Å². The Kier molecular flexibility index (Phi) is 10.8. The highest BCUT2D eigenvalue weighted by atomic mass is 32.1. The van der Waals surface area contributed by atoms with Gasteiger partial charge in [-0.1, -0.05) is 0 Å². The minimum absolute atomic E-state index is 0.0497. The molecule has 10 nitrogen and oxygen atoms in total. The number of aliphatic carboxylic acids is 2. The fourth-order valence-electron chi connectivity index (χ4n) is 3.60. The van der Waals surface area contributed by atoms with Crippen LogP contribution in [-0.2, 0) is 20.9 Å². The van der Waals surface area contributed by atoms with E-state index < -0.39 is 24.3 Å². The average molecular weight is 574 g/mol. The van der Waals surface area contributed by atoms with Gasteiger partial charge in [0.15, 0.2) is 0 Å². The van der Waals surface area contributed by atoms with E-state index in [1.807, 2.05) is 18.5 Å². The molecule has 2 aromatic rings. The summed E-state index contributed by atoms with van der Waals surface area (Å²) < 4.78 is 69.7. The van der Waals surface area contributed by atoms with E-state index in [-0.39, 0.29) is 5.60 Å². The Balaban J connectivity index is 0.000000301. The number of ether oxygens (including phenoxy) is 1. The van der Waals surface area contributed by atoms with Gasteiger partial charge in [-0.15, -0.1) is 11.3 Å². The van der Waals surface area contributed by atoms with Crippen LogP contribution >= 0.6 is 11.3 Å². The van der Waals surface area contributed by atoms with Gasteiger partial charge in [-0.2, -0.15) is 26.3 Å². The second kappa shape index (κ2) is 13.1. The largest absolute Gasteiger partial charge is 0.490 e. The first-order chi connectivity index (χ1) is 17.6. The third kappa shape index (κ3) is 10.0. The highest BCUT2D eigenvalue weighted by Crippen LogP contribution is 2.31. The summed E-state index contributed by atoms with van der Waals surface area (Å²) in [4.78, 5) is 35.9. The number of carboxylic acid groups (broad SMARTS) is 2. The van der Waals surface area contributed by atoms with E-state index >= 15 is 0 Å². The number of nitrogens with zero attached hydrogens (tertiary/aromatic N) is 5. The number of piperidine rings is 1. The van der Waals surface area contributed by atoms with Gasteiger partial charge in [0.05, 0.1) is 29.5 Å². The van der Waals surface area contributed by atoms with E-state index in [0.717, 1.165) is 63.1 Å². The van der Waals surface area contributed by atoms with Gasteiger partial charge < -0.3 is 19.8 Å². The van der Waals surface area contributed by atoms with E-state index in [0.29, 0.717) is 0 Å². The van der Waals surface area contributed by atoms with Crippen molar-refractivity contribution in [2.24, 2.45) is 0 Å². The fraction of sp³-hybridized carbons (Fsp3) is 0.571. The molecule has 17 heteroatoms. The van der Waals surface area contributed by atoms with Crippen molar-refractivity contribution in [2.75, 3.05) is 37.7 Å². The maximum absolute atomic E-state index is 10.6. The van der Waals surface area contributed by atoms with Crippen LogP contribution in [0.15, 0.2) is 23.8 Å². The molecule has 0 bridgehead atoms. The van der Waals surface area contributed by atoms with E-state index in [1.165, 1.54) is 5.69 Å². The summed E-state index contributed by atoms with van der Waals surface area (Å²) in [5, 5.41) is 17.6. The first-order valence-electron chi connectivity index (χ1n) is 11.0. The fourth-order valence-corrected chi connectivity index (χ4v) is 4.20. The third-order valence-corrected chi connectivity index (χ3v) is 6.21. The molecule has 0 aromatic carbocycles. The SMILES string of the molecule is Cc1nc(CN2CCC3(CC2)CN(c2ncccn2)CCO3)cs1.O=C(O)C(F)(F)F.O=C(O)C(F)(F)F. The van der Waals surface area contributed by atoms with E-state index in [9.17, 15) is 26.3 Å². The number of aryl methyl sites for hydroxylation is 1. The molecule has 212 valence electrons. The molecule has 0 unspecified atom stereocenters. The summed E-state index contributed by atoms with van der Waals surface area (Å²) in [5.74, 6) is -4.69. The Morgan fingerprint density at radius 2 is 1.55 bits per heavy atom. The van der Waals surface area contributed by atoms with Crippen LogP contribution in [0, 0.1) is 6.92 Å². The highest BCUT2D eigenvalue weighted by Gasteiger charge is 2.41. The van der Waals surface area contributed by atoms with Crippen molar-refractivity contribution in [2.45, 2.75) is 44.3 Å². The van der Waals surface area contributed by atoms with Gasteiger partial charge in [-0.25, -0.2) is 24.5 Å². The predicted molar refractivity (Wildman–Crippen MR) is 122 cm³/mol. The molecule has 0 atom stereocenters. The minimum Gasteiger partial charge on any atom is -0.475 e. The Morgan fingerprint density at radius 1 is 1.03 bits per heavy atom. The molecule has 2 N–H and O–H groups in total. The van der Waals surface area contributed by atoms with Gasteiger partial charge in [0, 0.05) is 44.0 Å². The van der Waals surface area contributed by atoms with Crippen molar-refractivity contribution in [1.29, 1.82) is 0 Å². The topological polar surface area (TPSA) is 129 Å². The van der Waals surface area contributed by atoms with Crippen molar-refractivity contribution in [3.8, 4) is 0 Å². The number of carbonyl (C=O) groups is 2. The number of aromatic nitrogens is 3. The summed E-state index contributed by atoms with van der Waals surface area (Å²) in [7, 11) is 0. The molecule has 2 fully saturated rings. The zero-order valence-electron chi connectivity index (χ0n) is 20.0. The molecule has 4 heterocycles. The number of halogens is 6. The molecule has 4 rings (SSSR count). The molecule has 0 radical (unpaired) electrons. The number of hydrogen-bond donors (Lipinski definition) is 2. The number of hydrogen-bond acceptors (Lipinski definition) is 9. The number of likely N-dealkylation sites (tertiary alicyclic amines) is 1. The normalized spacial score (nSPS) is 17.6. The van der Waals surface area contributed by atoms with Gasteiger partial charge >= 0.3 is 24.3 Å². The van der Waals surface area contributed by atoms with Crippen molar-refractivity contribution in [3.63, 3.8) is 0 Å². The maximum Gasteiger partial charge on any atom is 0.490 e. The van der Waals surface area contributed by atoms with E-state index in [1.54, 1.807) is 11.3 Å². The zero-order chi connectivity index (χ0) is 28.6. The molecular weight excluding hydrogens is 548 g/mol. The van der Waals surface area contributed by atoms with Gasteiger partial charge in [-0.3, -0.25) is 4.90 Å². The number of rotatable bonds is 3. The monoisotopic (exact) mass is 573 g/mol. The van der Waals surface area contributed by atoms with Crippen LogP contribution in [0.4, 0.5) is 32.3 Å². The van der Waals surface area contributed by atoms with Crippen LogP contribution in [0.3, 0.4) is 0 Å². The lowest BCUT2D eigenvalue weighted by Gasteiger charge is -2.47. The van der Waals surface area contributed by atoms with Crippen molar-refractivity contribution >= 4 is 29.2 Å². The van der Waals surface area contributed by atoms with Crippen molar-refractivity contribution < 1.29 is 50.9 Å². The third-order valence-electron chi connectivity index (χ3n) is 5.39. The minimum atomic E-state index is -5.08. The summed E-state index contributed by atoms with van der Waals surface area (Å²) in [6.45, 7) is 7.64. The molecule has 38 heavy (non-hydrogen) atoms. The second-order valence-electron chi connectivity index (χ2n) is 8.24. The summed E-state index contributed by atoms with van der Waals surface area (Å²) in [5.41, 5.74) is 1.14. The maximum atomic E-state index is 10.6. The molecule has 2 aliphatic heterocycles. The first-order valence-corrected chi connectivity index (χ1v) is 11.9. The number of alkyl halides is 6. The molecule has 2 saturated heterocycles. The predicted octanol–water partition coefficient (Wildman–Crippen LogP) is 3.38. The van der Waals surface area contributed by atoms with E-state index in [4.69, 9.17) is 24.5 Å². The Hall–Kier alpha value is -3.05. The zero-order valence-corrected chi connectivity index (χ0v) is 20.8. The Bertz CT molecular complexity index is 1020. The van der Waals surface area contributed by atoms with Crippen LogP contribution in [0.1, 0.15) is 23.5 Å². The lowest BCUT2D eigenvalue weighted by Crippen LogP contribution is -2.57. The number of thiazole rings is 1. The lowest BCUT2D eigenvalue weighted by atomic mass is 9.89. The van der Waals surface area contributed by atoms with Crippen LogP contribution in [-0.4, -0.2) is 92.7 Å². The quantitative estimate of drug-likeness (QED) is 0.528. The van der Waals surface area contributed by atoms with Gasteiger partial charge in [0.1, 0.15) is 0 Å². The van der Waals surface area contributed by atoms with Gasteiger partial charge in [-0.05, 0) is 25.8 Å². The van der Waals surface area contributed by atoms with Crippen LogP contribution < -0.4 is 4.90 Å². The smallest absolute Gasteiger partial charge is 0.475 e. The highest BCUT2D eigenvalue weighted by molar-refractivity contribution is 7.09. The Labute approximate surface area is 216 Å². The molecule has 0 amide bonds. The van der Waals surface area contributed by atoms with Gasteiger partial charge in [0.2, 0.25) is 5.95 Å². The molecular formula is C21H25F6N5O5S. The average Bonchev–Trinajstić information content (AvgIpc) is 3.25. The molecule has 0 saturated carbocycles. The van der Waals surface area contributed by atoms with Crippen LogP contribution in [0.5, 0.6) is 0 Å². The lowest BCUT2D eigenvalue weighted by molar-refractivity contribution is -0.193. The summed E-state index contributed by atoms with van der Waals surface area (Å²) in [6, 6.07) is 1.86. The first kappa shape index (κ1) is 31.2. The Morgan fingerprint density at radius 3 is 2.00 bits per heavy atom. The molecule has 2 aliphatic rings. The second-order valence-corrected chi connectivity index (χ2v) is 9.30. The van der Waals surface area contributed by atoms with Crippen LogP contribution in [0.2, 0.25) is 0 Å². The number of morpholine rings is 1. The number of anilines is 1. The van der Waals surface area contributed by atoms with Crippen molar-refractivity contribution in [1.82, 2.24) is 19.9 Å².